The van der Waals surface area contributed by atoms with Gasteiger partial charge in [-0.1, -0.05) is 23.7 Å². The van der Waals surface area contributed by atoms with E-state index in [1.54, 1.807) is 48.7 Å². The molecule has 146 valence electrons. The molecule has 0 aliphatic carbocycles. The van der Waals surface area contributed by atoms with Gasteiger partial charge in [-0.2, -0.15) is 0 Å². The van der Waals surface area contributed by atoms with Crippen LogP contribution >= 0.6 is 11.6 Å². The lowest BCUT2D eigenvalue weighted by Crippen LogP contribution is -2.03. The Bertz CT molecular complexity index is 1080. The first-order chi connectivity index (χ1) is 14.0. The summed E-state index contributed by atoms with van der Waals surface area (Å²) in [6, 6.07) is 14.8. The Morgan fingerprint density at radius 2 is 1.97 bits per heavy atom. The molecule has 2 aromatic carbocycles. The molecule has 0 fully saturated rings. The first-order valence-electron chi connectivity index (χ1n) is 8.50. The molecule has 0 aliphatic heterocycles. The number of carbonyl (C=O) groups is 1. The number of methoxy groups -OCH3 is 1. The molecule has 3 rings (SSSR count). The maximum Gasteiger partial charge on any atom is 0.311 e. The number of allylic oxidation sites excluding steroid dienone is 1. The fourth-order valence-electron chi connectivity index (χ4n) is 2.59. The maximum atomic E-state index is 12.7. The number of halogens is 1. The molecule has 0 amide bonds. The van der Waals surface area contributed by atoms with Crippen molar-refractivity contribution >= 4 is 40.7 Å². The molecule has 0 unspecified atom stereocenters. The zero-order valence-corrected chi connectivity index (χ0v) is 16.1. The van der Waals surface area contributed by atoms with Gasteiger partial charge >= 0.3 is 5.69 Å². The highest BCUT2D eigenvalue weighted by atomic mass is 35.5. The van der Waals surface area contributed by atoms with Gasteiger partial charge in [-0.25, -0.2) is 4.98 Å². The van der Waals surface area contributed by atoms with E-state index in [2.05, 4.69) is 10.3 Å². The standard InChI is InChI=1S/C21H16ClN3O4/c1-29-20-11-5-14(13-18(20)25(27)28)4-10-19(26)17-3-2-12-23-21(17)24-16-8-6-15(22)7-9-16/h2-13H,1H3,(H,23,24). The van der Waals surface area contributed by atoms with E-state index in [9.17, 15) is 14.9 Å². The fraction of sp³-hybridized carbons (Fsp3) is 0.0476. The smallest absolute Gasteiger partial charge is 0.311 e. The molecule has 7 nitrogen and oxygen atoms in total. The average molecular weight is 410 g/mol. The van der Waals surface area contributed by atoms with Crippen LogP contribution in [0.25, 0.3) is 6.08 Å². The fourth-order valence-corrected chi connectivity index (χ4v) is 2.71. The number of benzene rings is 2. The molecule has 1 N–H and O–H groups in total. The highest BCUT2D eigenvalue weighted by Gasteiger charge is 2.15. The van der Waals surface area contributed by atoms with Crippen molar-refractivity contribution in [1.82, 2.24) is 4.98 Å². The largest absolute Gasteiger partial charge is 0.490 e. The number of aromatic nitrogens is 1. The third kappa shape index (κ3) is 4.97. The molecule has 0 saturated heterocycles. The SMILES string of the molecule is COc1ccc(C=CC(=O)c2cccnc2Nc2ccc(Cl)cc2)cc1[N+](=O)[O-]. The number of pyridine rings is 1. The average Bonchev–Trinajstić information content (AvgIpc) is 2.73. The molecule has 0 saturated carbocycles. The Morgan fingerprint density at radius 1 is 1.21 bits per heavy atom. The third-order valence-electron chi connectivity index (χ3n) is 4.01. The number of carbonyl (C=O) groups excluding carboxylic acids is 1. The van der Waals surface area contributed by atoms with Gasteiger partial charge in [-0.15, -0.1) is 0 Å². The number of ketones is 1. The molecule has 1 aromatic heterocycles. The predicted molar refractivity (Wildman–Crippen MR) is 112 cm³/mol. The summed E-state index contributed by atoms with van der Waals surface area (Å²) in [6.07, 6.45) is 4.43. The lowest BCUT2D eigenvalue weighted by molar-refractivity contribution is -0.385. The molecule has 0 atom stereocenters. The van der Waals surface area contributed by atoms with Crippen LogP contribution in [0.2, 0.25) is 5.02 Å². The van der Waals surface area contributed by atoms with Crippen molar-refractivity contribution in [1.29, 1.82) is 0 Å². The van der Waals surface area contributed by atoms with Crippen molar-refractivity contribution in [2.45, 2.75) is 0 Å². The first-order valence-corrected chi connectivity index (χ1v) is 8.88. The number of hydrogen-bond donors (Lipinski definition) is 1. The number of ether oxygens (including phenoxy) is 1. The Labute approximate surface area is 171 Å². The summed E-state index contributed by atoms with van der Waals surface area (Å²) >= 11 is 5.89. The molecule has 0 radical (unpaired) electrons. The van der Waals surface area contributed by atoms with Crippen LogP contribution in [0.1, 0.15) is 15.9 Å². The number of nitrogens with one attached hydrogen (secondary N) is 1. The Morgan fingerprint density at radius 3 is 2.66 bits per heavy atom. The molecule has 0 spiro atoms. The number of anilines is 2. The Balaban J connectivity index is 1.83. The minimum atomic E-state index is -0.534. The van der Waals surface area contributed by atoms with Crippen molar-refractivity contribution in [3.05, 3.63) is 93.1 Å². The van der Waals surface area contributed by atoms with Gasteiger partial charge in [0.15, 0.2) is 11.5 Å². The summed E-state index contributed by atoms with van der Waals surface area (Å²) in [7, 11) is 1.36. The van der Waals surface area contributed by atoms with E-state index in [1.807, 2.05) is 0 Å². The summed E-state index contributed by atoms with van der Waals surface area (Å²) in [4.78, 5) is 27.5. The molecule has 29 heavy (non-hydrogen) atoms. The first kappa shape index (κ1) is 20.0. The third-order valence-corrected chi connectivity index (χ3v) is 4.26. The molecular weight excluding hydrogens is 394 g/mol. The van der Waals surface area contributed by atoms with E-state index in [4.69, 9.17) is 16.3 Å². The minimum Gasteiger partial charge on any atom is -0.490 e. The monoisotopic (exact) mass is 409 g/mol. The van der Waals surface area contributed by atoms with Crippen LogP contribution in [0.4, 0.5) is 17.2 Å². The van der Waals surface area contributed by atoms with Crippen molar-refractivity contribution < 1.29 is 14.5 Å². The molecule has 1 heterocycles. The van der Waals surface area contributed by atoms with E-state index in [1.165, 1.54) is 31.4 Å². The molecule has 0 aliphatic rings. The second kappa shape index (κ2) is 8.99. The lowest BCUT2D eigenvalue weighted by atomic mass is 10.1. The number of hydrogen-bond acceptors (Lipinski definition) is 6. The van der Waals surface area contributed by atoms with E-state index < -0.39 is 4.92 Å². The highest BCUT2D eigenvalue weighted by molar-refractivity contribution is 6.30. The van der Waals surface area contributed by atoms with E-state index in [-0.39, 0.29) is 17.2 Å². The van der Waals surface area contributed by atoms with Crippen molar-refractivity contribution in [3.8, 4) is 5.75 Å². The maximum absolute atomic E-state index is 12.7. The highest BCUT2D eigenvalue weighted by Crippen LogP contribution is 2.28. The Kier molecular flexibility index (Phi) is 6.21. The predicted octanol–water partition coefficient (Wildman–Crippen LogP) is 5.29. The van der Waals surface area contributed by atoms with Crippen LogP contribution in [-0.4, -0.2) is 22.8 Å². The van der Waals surface area contributed by atoms with Gasteiger partial charge in [-0.05, 0) is 54.1 Å². The summed E-state index contributed by atoms with van der Waals surface area (Å²) in [5, 5.41) is 14.8. The van der Waals surface area contributed by atoms with Gasteiger partial charge in [-0.3, -0.25) is 14.9 Å². The Hall–Kier alpha value is -3.71. The van der Waals surface area contributed by atoms with Crippen molar-refractivity contribution in [2.24, 2.45) is 0 Å². The van der Waals surface area contributed by atoms with E-state index in [0.717, 1.165) is 5.69 Å². The number of nitrogens with zero attached hydrogens (tertiary/aromatic N) is 2. The van der Waals surface area contributed by atoms with Gasteiger partial charge in [0.2, 0.25) is 0 Å². The summed E-state index contributed by atoms with van der Waals surface area (Å²) < 4.78 is 4.98. The number of nitro groups is 1. The van der Waals surface area contributed by atoms with Gasteiger partial charge in [0, 0.05) is 23.0 Å². The van der Waals surface area contributed by atoms with E-state index in [0.29, 0.717) is 22.0 Å². The van der Waals surface area contributed by atoms with Crippen molar-refractivity contribution in [3.63, 3.8) is 0 Å². The van der Waals surface area contributed by atoms with Crippen molar-refractivity contribution in [2.75, 3.05) is 12.4 Å². The number of nitro benzene ring substituents is 1. The zero-order chi connectivity index (χ0) is 20.8. The summed E-state index contributed by atoms with van der Waals surface area (Å²) in [5.74, 6) is 0.249. The van der Waals surface area contributed by atoms with Gasteiger partial charge in [0.1, 0.15) is 5.82 Å². The molecule has 8 heteroatoms. The second-order valence-electron chi connectivity index (χ2n) is 5.92. The quantitative estimate of drug-likeness (QED) is 0.246. The summed E-state index contributed by atoms with van der Waals surface area (Å²) in [6.45, 7) is 0. The molecular formula is C21H16ClN3O4. The van der Waals surface area contributed by atoms with Crippen LogP contribution in [0, 0.1) is 10.1 Å². The minimum absolute atomic E-state index is 0.153. The topological polar surface area (TPSA) is 94.4 Å². The van der Waals surface area contributed by atoms with Crippen LogP contribution in [-0.2, 0) is 0 Å². The van der Waals surface area contributed by atoms with Gasteiger partial charge in [0.25, 0.3) is 0 Å². The van der Waals surface area contributed by atoms with Crippen LogP contribution in [0.15, 0.2) is 66.9 Å². The van der Waals surface area contributed by atoms with E-state index >= 15 is 0 Å². The molecule has 0 bridgehead atoms. The number of rotatable bonds is 7. The second-order valence-corrected chi connectivity index (χ2v) is 6.35. The van der Waals surface area contributed by atoms with Gasteiger partial charge in [0.05, 0.1) is 17.6 Å². The lowest BCUT2D eigenvalue weighted by Gasteiger charge is -2.09. The van der Waals surface area contributed by atoms with Crippen LogP contribution in [0.3, 0.4) is 0 Å². The summed E-state index contributed by atoms with van der Waals surface area (Å²) in [5.41, 5.74) is 1.43. The van der Waals surface area contributed by atoms with Gasteiger partial charge < -0.3 is 10.1 Å². The normalized spacial score (nSPS) is 10.7. The molecule has 3 aromatic rings. The van der Waals surface area contributed by atoms with Crippen LogP contribution in [0.5, 0.6) is 5.75 Å². The van der Waals surface area contributed by atoms with Crippen LogP contribution < -0.4 is 10.1 Å². The zero-order valence-electron chi connectivity index (χ0n) is 15.3.